The molecule has 70 heavy (non-hydrogen) atoms. The summed E-state index contributed by atoms with van der Waals surface area (Å²) in [6, 6.07) is -1.93. The smallest absolute Gasteiger partial charge is 0.408 e. The average molecular weight is 1000 g/mol. The van der Waals surface area contributed by atoms with Crippen molar-refractivity contribution in [2.75, 3.05) is 65.8 Å². The monoisotopic (exact) mass is 1000 g/mol. The Bertz CT molecular complexity index is 1650. The molecular formula is C47H82N6O17. The summed E-state index contributed by atoms with van der Waals surface area (Å²) in [5.74, 6) is -4.40. The highest BCUT2D eigenvalue weighted by Gasteiger charge is 2.30. The van der Waals surface area contributed by atoms with Crippen LogP contribution in [0.5, 0.6) is 0 Å². The Morgan fingerprint density at radius 2 is 1.07 bits per heavy atom. The normalized spacial score (nSPS) is 13.6. The van der Waals surface area contributed by atoms with Crippen molar-refractivity contribution >= 4 is 59.6 Å². The maximum Gasteiger partial charge on any atom is 0.408 e. The first kappa shape index (κ1) is 64.7. The zero-order valence-electron chi connectivity index (χ0n) is 43.0. The maximum atomic E-state index is 13.6. The summed E-state index contributed by atoms with van der Waals surface area (Å²) in [6.07, 6.45) is 0.884. The van der Waals surface area contributed by atoms with Crippen molar-refractivity contribution in [3.63, 3.8) is 0 Å². The number of carbonyl (C=O) groups is 10. The van der Waals surface area contributed by atoms with E-state index in [1.165, 1.54) is 6.92 Å². The molecule has 23 heteroatoms. The van der Waals surface area contributed by atoms with Gasteiger partial charge < -0.3 is 70.2 Å². The second-order valence-electron chi connectivity index (χ2n) is 19.1. The molecule has 0 heterocycles. The van der Waals surface area contributed by atoms with Gasteiger partial charge in [-0.1, -0.05) is 27.2 Å². The lowest BCUT2D eigenvalue weighted by molar-refractivity contribution is -0.151. The molecule has 0 rings (SSSR count). The van der Waals surface area contributed by atoms with Gasteiger partial charge >= 0.3 is 18.2 Å². The standard InChI is InChI=1S/C47H82N6O17/c1-31(2)41(60)34(52-43(62)35(53-45(64)70-47(8,9)10)19-13-16-22-50-44(63)69-46(5,6)7)18-12-15-21-48-38(56)29-66-27-36(67-24-23-54)37(28-65-26-33(4)55)68-30-39(57)49-20-14-11-17-32(3)42(61)51-25-40(58)59/h23,31-32,34-37H,11-22,24-30H2,1-10H3,(H,48,56)(H,49,57)(H,50,63)(H,51,61)(H,52,62)(H,53,64)(H,58,59). The van der Waals surface area contributed by atoms with Crippen LogP contribution in [-0.2, 0) is 66.8 Å². The van der Waals surface area contributed by atoms with Crippen LogP contribution in [0.15, 0.2) is 0 Å². The van der Waals surface area contributed by atoms with Crippen LogP contribution in [0.2, 0.25) is 0 Å². The summed E-state index contributed by atoms with van der Waals surface area (Å²) in [7, 11) is 0. The van der Waals surface area contributed by atoms with Crippen LogP contribution in [-0.4, -0.2) is 166 Å². The summed E-state index contributed by atoms with van der Waals surface area (Å²) in [4.78, 5) is 122. The molecule has 0 bridgehead atoms. The second kappa shape index (κ2) is 35.8. The molecule has 0 saturated carbocycles. The Balaban J connectivity index is 5.30. The van der Waals surface area contributed by atoms with E-state index in [9.17, 15) is 47.9 Å². The SMILES string of the molecule is CC(=O)COCC(OCC(=O)NCCCCC(C)C(=O)NCC(=O)O)C(COCC(=O)NCCCCC(NC(=O)C(CCCCNC(=O)OC(C)(C)C)NC(=O)OC(C)(C)C)C(=O)C(C)C)OCC=O. The highest BCUT2D eigenvalue weighted by molar-refractivity contribution is 5.93. The minimum absolute atomic E-state index is 0.188. The van der Waals surface area contributed by atoms with Crippen LogP contribution in [0.4, 0.5) is 9.59 Å². The Hall–Kier alpha value is -5.26. The fourth-order valence-electron chi connectivity index (χ4n) is 6.19. The molecule has 5 unspecified atom stereocenters. The van der Waals surface area contributed by atoms with Gasteiger partial charge in [0, 0.05) is 31.5 Å². The molecule has 402 valence electrons. The summed E-state index contributed by atoms with van der Waals surface area (Å²) in [6.45, 7) is 15.0. The third-order valence-corrected chi connectivity index (χ3v) is 9.64. The van der Waals surface area contributed by atoms with E-state index in [1.807, 2.05) is 0 Å². The quantitative estimate of drug-likeness (QED) is 0.0345. The van der Waals surface area contributed by atoms with Gasteiger partial charge in [0.25, 0.3) is 0 Å². The van der Waals surface area contributed by atoms with Crippen LogP contribution >= 0.6 is 0 Å². The summed E-state index contributed by atoms with van der Waals surface area (Å²) >= 11 is 0. The van der Waals surface area contributed by atoms with Gasteiger partial charge in [0.05, 0.1) is 19.3 Å². The number of Topliss-reactive ketones (excluding diaryl/α,β-unsaturated/α-hetero) is 2. The molecule has 0 radical (unpaired) electrons. The van der Waals surface area contributed by atoms with Crippen LogP contribution in [0.3, 0.4) is 0 Å². The molecule has 0 fully saturated rings. The number of carboxylic acids is 1. The molecule has 0 aliphatic heterocycles. The third kappa shape index (κ3) is 34.9. The summed E-state index contributed by atoms with van der Waals surface area (Å²) < 4.78 is 33.0. The van der Waals surface area contributed by atoms with Gasteiger partial charge in [-0.05, 0) is 99.8 Å². The lowest BCUT2D eigenvalue weighted by Gasteiger charge is -2.26. The Morgan fingerprint density at radius 1 is 0.571 bits per heavy atom. The molecule has 0 aromatic heterocycles. The number of hydrogen-bond donors (Lipinski definition) is 7. The summed E-state index contributed by atoms with van der Waals surface area (Å²) in [5, 5.41) is 24.5. The van der Waals surface area contributed by atoms with E-state index < -0.39 is 103 Å². The highest BCUT2D eigenvalue weighted by Crippen LogP contribution is 2.13. The van der Waals surface area contributed by atoms with Crippen LogP contribution in [0.25, 0.3) is 0 Å². The Morgan fingerprint density at radius 3 is 1.60 bits per heavy atom. The minimum Gasteiger partial charge on any atom is -0.480 e. The van der Waals surface area contributed by atoms with Crippen molar-refractivity contribution in [2.45, 2.75) is 163 Å². The topological polar surface area (TPSA) is 318 Å². The van der Waals surface area contributed by atoms with Crippen LogP contribution in [0.1, 0.15) is 127 Å². The molecule has 6 amide bonds. The number of aldehydes is 1. The van der Waals surface area contributed by atoms with Crippen molar-refractivity contribution in [1.82, 2.24) is 31.9 Å². The Labute approximate surface area is 412 Å². The molecular weight excluding hydrogens is 921 g/mol. The first-order chi connectivity index (χ1) is 32.7. The number of rotatable bonds is 38. The van der Waals surface area contributed by atoms with Crippen molar-refractivity contribution in [3.05, 3.63) is 0 Å². The molecule has 23 nitrogen and oxygen atoms in total. The molecule has 0 aliphatic carbocycles. The number of aliphatic carboxylic acids is 1. The van der Waals surface area contributed by atoms with Crippen molar-refractivity contribution < 1.29 is 81.5 Å². The van der Waals surface area contributed by atoms with Gasteiger partial charge in [-0.25, -0.2) is 9.59 Å². The van der Waals surface area contributed by atoms with Crippen LogP contribution in [0, 0.1) is 11.8 Å². The predicted molar refractivity (Wildman–Crippen MR) is 254 cm³/mol. The van der Waals surface area contributed by atoms with Gasteiger partial charge in [-0.3, -0.25) is 33.6 Å². The molecule has 0 aromatic rings. The molecule has 0 aromatic carbocycles. The highest BCUT2D eigenvalue weighted by atomic mass is 16.6. The fraction of sp³-hybridized carbons (Fsp3) is 0.787. The minimum atomic E-state index is -1.14. The van der Waals surface area contributed by atoms with Gasteiger partial charge in [-0.15, -0.1) is 0 Å². The third-order valence-electron chi connectivity index (χ3n) is 9.64. The molecule has 5 atom stereocenters. The van der Waals surface area contributed by atoms with Gasteiger partial charge in [-0.2, -0.15) is 0 Å². The lowest BCUT2D eigenvalue weighted by atomic mass is 9.96. The molecule has 7 N–H and O–H groups in total. The van der Waals surface area contributed by atoms with E-state index in [2.05, 4.69) is 31.9 Å². The molecule has 0 spiro atoms. The van der Waals surface area contributed by atoms with E-state index in [0.717, 1.165) is 0 Å². The number of nitrogens with one attached hydrogen (secondary N) is 6. The van der Waals surface area contributed by atoms with Crippen molar-refractivity contribution in [3.8, 4) is 0 Å². The zero-order chi connectivity index (χ0) is 53.3. The molecule has 0 saturated heterocycles. The largest absolute Gasteiger partial charge is 0.480 e. The maximum absolute atomic E-state index is 13.6. The number of alkyl carbamates (subject to hydrolysis) is 2. The van der Waals surface area contributed by atoms with Crippen LogP contribution < -0.4 is 31.9 Å². The first-order valence-electron chi connectivity index (χ1n) is 23.9. The predicted octanol–water partition coefficient (Wildman–Crippen LogP) is 2.29. The van der Waals surface area contributed by atoms with E-state index >= 15 is 0 Å². The second-order valence-corrected chi connectivity index (χ2v) is 19.1. The number of unbranched alkanes of at least 4 members (excludes halogenated alkanes) is 3. The number of carboxylic acid groups (broad SMARTS) is 1. The number of hydrogen-bond acceptors (Lipinski definition) is 16. The number of carbonyl (C=O) groups excluding carboxylic acids is 9. The van der Waals surface area contributed by atoms with Crippen molar-refractivity contribution in [1.29, 1.82) is 0 Å². The number of ketones is 2. The zero-order valence-corrected chi connectivity index (χ0v) is 43.0. The number of ether oxygens (including phenoxy) is 6. The molecule has 0 aliphatic rings. The van der Waals surface area contributed by atoms with Gasteiger partial charge in [0.1, 0.15) is 68.7 Å². The van der Waals surface area contributed by atoms with Gasteiger partial charge in [0.15, 0.2) is 11.6 Å². The fourth-order valence-corrected chi connectivity index (χ4v) is 6.19. The average Bonchev–Trinajstić information content (AvgIpc) is 3.24. The van der Waals surface area contributed by atoms with E-state index in [0.29, 0.717) is 51.2 Å². The number of amides is 6. The Kier molecular flexibility index (Phi) is 33.1. The first-order valence-corrected chi connectivity index (χ1v) is 23.9. The lowest BCUT2D eigenvalue weighted by Crippen LogP contribution is -2.53. The summed E-state index contributed by atoms with van der Waals surface area (Å²) in [5.41, 5.74) is -1.49. The van der Waals surface area contributed by atoms with Gasteiger partial charge in [0.2, 0.25) is 23.6 Å². The van der Waals surface area contributed by atoms with E-state index in [-0.39, 0.29) is 76.4 Å². The van der Waals surface area contributed by atoms with E-state index in [1.54, 1.807) is 62.3 Å². The van der Waals surface area contributed by atoms with E-state index in [4.69, 9.17) is 33.5 Å². The van der Waals surface area contributed by atoms with Crippen molar-refractivity contribution in [2.24, 2.45) is 11.8 Å².